The molecule has 24 heavy (non-hydrogen) atoms. The molecule has 1 fully saturated rings. The largest absolute Gasteiger partial charge is 3.00 e. The van der Waals surface area contributed by atoms with Crippen LogP contribution < -0.4 is 10.5 Å². The average Bonchev–Trinajstić information content (AvgIpc) is 2.91. The van der Waals surface area contributed by atoms with Crippen molar-refractivity contribution in [2.24, 2.45) is 0 Å². The van der Waals surface area contributed by atoms with E-state index in [1.165, 1.54) is 11.0 Å². The third-order valence-electron chi connectivity index (χ3n) is 3.89. The maximum Gasteiger partial charge on any atom is 3.00 e. The molecule has 6 nitrogen and oxygen atoms in total. The Morgan fingerprint density at radius 2 is 2.12 bits per heavy atom. The number of pyridine rings is 1. The number of benzene rings is 1. The van der Waals surface area contributed by atoms with Crippen molar-refractivity contribution < 1.29 is 47.3 Å². The Balaban J connectivity index is 0.00000208. The first-order valence-corrected chi connectivity index (χ1v) is 7.31. The summed E-state index contributed by atoms with van der Waals surface area (Å²) in [6.07, 6.45) is 0.685. The Morgan fingerprint density at radius 1 is 1.38 bits per heavy atom. The van der Waals surface area contributed by atoms with E-state index in [0.717, 1.165) is 27.9 Å². The average molecular weight is 402 g/mol. The molecule has 0 spiro atoms. The molecule has 120 valence electrons. The number of carbonyl (C=O) groups is 1. The third-order valence-corrected chi connectivity index (χ3v) is 3.89. The fourth-order valence-electron chi connectivity index (χ4n) is 2.70. The van der Waals surface area contributed by atoms with E-state index in [2.05, 4.69) is 11.1 Å². The van der Waals surface area contributed by atoms with Gasteiger partial charge in [0.05, 0.1) is 13.2 Å². The summed E-state index contributed by atoms with van der Waals surface area (Å²) >= 11 is 0. The topological polar surface area (TPSA) is 82.6 Å². The summed E-state index contributed by atoms with van der Waals surface area (Å²) in [5.74, 6) is 0. The van der Waals surface area contributed by atoms with Crippen molar-refractivity contribution in [2.75, 3.05) is 18.1 Å². The van der Waals surface area contributed by atoms with Crippen LogP contribution in [0.4, 0.5) is 10.5 Å². The van der Waals surface area contributed by atoms with Gasteiger partial charge in [-0.25, -0.2) is 4.79 Å². The first-order chi connectivity index (χ1) is 11.0. The minimum absolute atomic E-state index is 0. The number of anilines is 1. The summed E-state index contributed by atoms with van der Waals surface area (Å²) in [4.78, 5) is 27.3. The van der Waals surface area contributed by atoms with Crippen molar-refractivity contribution in [3.63, 3.8) is 0 Å². The number of aliphatic hydroxyl groups is 1. The molecule has 0 saturated carbocycles. The van der Waals surface area contributed by atoms with Crippen molar-refractivity contribution in [3.8, 4) is 11.1 Å². The Labute approximate surface area is 164 Å². The van der Waals surface area contributed by atoms with Crippen LogP contribution in [0.1, 0.15) is 11.1 Å². The second-order valence-corrected chi connectivity index (χ2v) is 5.58. The molecule has 3 rings (SSSR count). The zero-order valence-electron chi connectivity index (χ0n) is 13.5. The normalized spacial score (nSPS) is 16.7. The number of H-pyrrole nitrogens is 1. The van der Waals surface area contributed by atoms with Gasteiger partial charge in [-0.05, 0) is 18.0 Å². The number of aromatic amines is 1. The summed E-state index contributed by atoms with van der Waals surface area (Å²) in [5.41, 5.74) is 4.01. The van der Waals surface area contributed by atoms with E-state index < -0.39 is 12.2 Å². The Hall–Kier alpha value is -1.50. The maximum absolute atomic E-state index is 11.9. The fraction of sp³-hybridized carbons (Fsp3) is 0.294. The van der Waals surface area contributed by atoms with Gasteiger partial charge in [0.15, 0.2) is 0 Å². The monoisotopic (exact) mass is 402 g/mol. The van der Waals surface area contributed by atoms with E-state index >= 15 is 0 Å². The molecular formula is C17H17N2O4Y+2. The number of nitrogens with zero attached hydrogens (tertiary/aromatic N) is 1. The number of cyclic esters (lactones) is 1. The number of ether oxygens (including phenoxy) is 1. The molecule has 1 amide bonds. The number of amides is 1. The molecule has 1 aromatic carbocycles. The van der Waals surface area contributed by atoms with Crippen LogP contribution in [0.15, 0.2) is 29.2 Å². The summed E-state index contributed by atoms with van der Waals surface area (Å²) in [6, 6.07) is 8.38. The van der Waals surface area contributed by atoms with Crippen molar-refractivity contribution in [1.82, 2.24) is 4.98 Å². The third kappa shape index (κ3) is 3.61. The number of aliphatic hydroxyl groups excluding tert-OH is 1. The van der Waals surface area contributed by atoms with Gasteiger partial charge in [0.2, 0.25) is 5.56 Å². The van der Waals surface area contributed by atoms with E-state index in [0.29, 0.717) is 6.54 Å². The minimum Gasteiger partial charge on any atom is -0.442 e. The summed E-state index contributed by atoms with van der Waals surface area (Å²) in [5, 5.41) is 9.15. The molecule has 2 aromatic rings. The number of hydrogen-bond donors (Lipinski definition) is 2. The first kappa shape index (κ1) is 18.8. The van der Waals surface area contributed by atoms with Crippen LogP contribution in [-0.4, -0.2) is 35.4 Å². The van der Waals surface area contributed by atoms with E-state index in [-0.39, 0.29) is 44.9 Å². The van der Waals surface area contributed by atoms with E-state index in [1.807, 2.05) is 19.9 Å². The molecule has 0 aliphatic carbocycles. The molecule has 1 aliphatic rings. The van der Waals surface area contributed by atoms with Gasteiger partial charge in [0.1, 0.15) is 6.10 Å². The molecule has 2 N–H and O–H groups in total. The predicted molar refractivity (Wildman–Crippen MR) is 85.5 cm³/mol. The molecule has 0 radical (unpaired) electrons. The molecule has 1 aliphatic heterocycles. The number of hydrogen-bond acceptors (Lipinski definition) is 4. The van der Waals surface area contributed by atoms with Crippen LogP contribution in [0.2, 0.25) is 0 Å². The van der Waals surface area contributed by atoms with Crippen LogP contribution >= 0.6 is 0 Å². The van der Waals surface area contributed by atoms with Gasteiger partial charge >= 0.3 is 38.8 Å². The van der Waals surface area contributed by atoms with Gasteiger partial charge < -0.3 is 19.7 Å². The van der Waals surface area contributed by atoms with E-state index in [4.69, 9.17) is 9.84 Å². The Kier molecular flexibility index (Phi) is 5.96. The molecule has 1 unspecified atom stereocenters. The molecule has 1 atom stereocenters. The van der Waals surface area contributed by atoms with E-state index in [1.54, 1.807) is 12.3 Å². The SMILES string of the molecule is Cc1[c-]c(-c2ccc(=O)[nH]c2)c(C)cc1N1CC(CO)OC1=O.[Y+3]. The molecule has 7 heteroatoms. The van der Waals surface area contributed by atoms with Gasteiger partial charge in [-0.3, -0.25) is 4.79 Å². The van der Waals surface area contributed by atoms with Crippen LogP contribution in [0.25, 0.3) is 11.1 Å². The van der Waals surface area contributed by atoms with Crippen LogP contribution in [0.5, 0.6) is 0 Å². The van der Waals surface area contributed by atoms with Crippen LogP contribution in [0.3, 0.4) is 0 Å². The minimum atomic E-state index is -0.499. The van der Waals surface area contributed by atoms with E-state index in [9.17, 15) is 9.59 Å². The van der Waals surface area contributed by atoms with Gasteiger partial charge in [-0.1, -0.05) is 25.5 Å². The smallest absolute Gasteiger partial charge is 0.442 e. The molecule has 2 heterocycles. The summed E-state index contributed by atoms with van der Waals surface area (Å²) in [6.45, 7) is 3.91. The fourth-order valence-corrected chi connectivity index (χ4v) is 2.70. The number of aromatic nitrogens is 1. The van der Waals surface area contributed by atoms with Crippen molar-refractivity contribution in [3.05, 3.63) is 51.9 Å². The zero-order valence-corrected chi connectivity index (χ0v) is 16.3. The number of aryl methyl sites for hydroxylation is 2. The first-order valence-electron chi connectivity index (χ1n) is 7.31. The predicted octanol–water partition coefficient (Wildman–Crippen LogP) is 1.77. The van der Waals surface area contributed by atoms with Gasteiger partial charge in [0, 0.05) is 0 Å². The summed E-state index contributed by atoms with van der Waals surface area (Å²) in [7, 11) is 0. The van der Waals surface area contributed by atoms with Crippen LogP contribution in [0, 0.1) is 19.9 Å². The quantitative estimate of drug-likeness (QED) is 0.767. The number of carbonyl (C=O) groups excluding carboxylic acids is 1. The number of nitrogens with one attached hydrogen (secondary N) is 1. The van der Waals surface area contributed by atoms with Crippen LogP contribution in [-0.2, 0) is 37.4 Å². The van der Waals surface area contributed by atoms with Crippen molar-refractivity contribution in [1.29, 1.82) is 0 Å². The molecule has 0 bridgehead atoms. The Morgan fingerprint density at radius 3 is 2.71 bits per heavy atom. The van der Waals surface area contributed by atoms with Gasteiger partial charge in [0.25, 0.3) is 0 Å². The van der Waals surface area contributed by atoms with Crippen molar-refractivity contribution in [2.45, 2.75) is 20.0 Å². The molecule has 1 saturated heterocycles. The summed E-state index contributed by atoms with van der Waals surface area (Å²) < 4.78 is 5.08. The zero-order chi connectivity index (χ0) is 16.6. The second kappa shape index (κ2) is 7.59. The van der Waals surface area contributed by atoms with Gasteiger partial charge in [-0.15, -0.1) is 28.8 Å². The van der Waals surface area contributed by atoms with Crippen molar-refractivity contribution >= 4 is 11.8 Å². The Bertz CT molecular complexity index is 798. The maximum atomic E-state index is 11.9. The molecular weight excluding hydrogens is 385 g/mol. The molecule has 1 aromatic heterocycles. The van der Waals surface area contributed by atoms with Gasteiger partial charge in [-0.2, -0.15) is 0 Å². The second-order valence-electron chi connectivity index (χ2n) is 5.58. The standard InChI is InChI=1S/C17H17N2O4.Y/c1-10-6-15(19-8-13(9-20)23-17(19)22)11(2)5-14(10)12-3-4-16(21)18-7-12;/h3-4,6-7,13,20H,8-9H2,1-2H3,(H,18,21);/q-1;+3. The number of rotatable bonds is 3.